The fraction of sp³-hybridized carbons (Fsp3) is 0.375. The minimum Gasteiger partial charge on any atom is -0.467 e. The number of carbonyl (C=O) groups excluding carboxylic acids is 2. The van der Waals surface area contributed by atoms with Crippen molar-refractivity contribution < 1.29 is 14.0 Å². The van der Waals surface area contributed by atoms with Crippen LogP contribution >= 0.6 is 11.3 Å². The average Bonchev–Trinajstić information content (AvgIpc) is 3.22. The zero-order valence-corrected chi connectivity index (χ0v) is 13.1. The summed E-state index contributed by atoms with van der Waals surface area (Å²) in [6, 6.07) is 7.56. The molecule has 0 saturated carbocycles. The number of rotatable bonds is 5. The van der Waals surface area contributed by atoms with E-state index >= 15 is 0 Å². The number of amides is 2. The fourth-order valence-electron chi connectivity index (χ4n) is 2.63. The number of carbonyl (C=O) groups is 2. The molecule has 0 unspecified atom stereocenters. The zero-order chi connectivity index (χ0) is 15.5. The van der Waals surface area contributed by atoms with Crippen molar-refractivity contribution in [3.63, 3.8) is 0 Å². The van der Waals surface area contributed by atoms with E-state index in [4.69, 9.17) is 4.42 Å². The number of hydrogen-bond donors (Lipinski definition) is 1. The molecule has 3 rings (SSSR count). The minimum absolute atomic E-state index is 0.000302. The molecule has 0 radical (unpaired) electrons. The summed E-state index contributed by atoms with van der Waals surface area (Å²) >= 11 is 1.61. The first-order valence-corrected chi connectivity index (χ1v) is 8.15. The molecule has 0 aliphatic carbocycles. The smallest absolute Gasteiger partial charge is 0.225 e. The van der Waals surface area contributed by atoms with Crippen molar-refractivity contribution >= 4 is 23.2 Å². The van der Waals surface area contributed by atoms with Gasteiger partial charge in [-0.1, -0.05) is 6.07 Å². The van der Waals surface area contributed by atoms with Crippen LogP contribution in [0.4, 0.5) is 0 Å². The highest BCUT2D eigenvalue weighted by Gasteiger charge is 2.35. The van der Waals surface area contributed by atoms with Gasteiger partial charge in [0.15, 0.2) is 0 Å². The predicted octanol–water partition coefficient (Wildman–Crippen LogP) is 2.57. The molecule has 6 heteroatoms. The Kier molecular flexibility index (Phi) is 4.29. The standard InChI is InChI=1S/C16H18N2O3S/c1-11(14-5-3-7-22-14)17-16(20)12-8-15(19)18(9-12)10-13-4-2-6-21-13/h2-7,11-12H,8-10H2,1H3,(H,17,20)/t11-,12+/m0/s1. The van der Waals surface area contributed by atoms with Crippen LogP contribution in [-0.2, 0) is 16.1 Å². The molecule has 1 fully saturated rings. The molecular weight excluding hydrogens is 300 g/mol. The van der Waals surface area contributed by atoms with Crippen molar-refractivity contribution in [1.82, 2.24) is 10.2 Å². The molecule has 2 aromatic rings. The highest BCUT2D eigenvalue weighted by Crippen LogP contribution is 2.23. The number of likely N-dealkylation sites (tertiary alicyclic amines) is 1. The Hall–Kier alpha value is -2.08. The average molecular weight is 318 g/mol. The van der Waals surface area contributed by atoms with Crippen LogP contribution in [0.2, 0.25) is 0 Å². The van der Waals surface area contributed by atoms with Gasteiger partial charge in [0.05, 0.1) is 24.8 Å². The van der Waals surface area contributed by atoms with E-state index in [0.717, 1.165) is 10.6 Å². The molecule has 116 valence electrons. The van der Waals surface area contributed by atoms with Gasteiger partial charge >= 0.3 is 0 Å². The van der Waals surface area contributed by atoms with Crippen LogP contribution in [0.15, 0.2) is 40.3 Å². The van der Waals surface area contributed by atoms with E-state index < -0.39 is 0 Å². The maximum absolute atomic E-state index is 12.3. The van der Waals surface area contributed by atoms with Gasteiger partial charge in [-0.05, 0) is 30.5 Å². The van der Waals surface area contributed by atoms with E-state index in [1.54, 1.807) is 28.6 Å². The number of thiophene rings is 1. The Labute approximate surface area is 132 Å². The number of nitrogens with zero attached hydrogens (tertiary/aromatic N) is 1. The van der Waals surface area contributed by atoms with Crippen molar-refractivity contribution in [1.29, 1.82) is 0 Å². The Balaban J connectivity index is 1.56. The second kappa shape index (κ2) is 6.36. The first-order valence-electron chi connectivity index (χ1n) is 7.27. The second-order valence-corrected chi connectivity index (χ2v) is 6.48. The van der Waals surface area contributed by atoms with E-state index in [9.17, 15) is 9.59 Å². The van der Waals surface area contributed by atoms with Crippen LogP contribution in [0.1, 0.15) is 30.0 Å². The summed E-state index contributed by atoms with van der Waals surface area (Å²) in [5.74, 6) is 0.391. The van der Waals surface area contributed by atoms with E-state index in [1.807, 2.05) is 30.5 Å². The Morgan fingerprint density at radius 3 is 3.05 bits per heavy atom. The molecule has 2 atom stereocenters. The zero-order valence-electron chi connectivity index (χ0n) is 12.3. The number of hydrogen-bond acceptors (Lipinski definition) is 4. The molecule has 22 heavy (non-hydrogen) atoms. The molecule has 0 spiro atoms. The van der Waals surface area contributed by atoms with Crippen molar-refractivity contribution in [2.75, 3.05) is 6.54 Å². The van der Waals surface area contributed by atoms with Crippen LogP contribution in [-0.4, -0.2) is 23.3 Å². The summed E-state index contributed by atoms with van der Waals surface area (Å²) in [7, 11) is 0. The molecule has 5 nitrogen and oxygen atoms in total. The monoisotopic (exact) mass is 318 g/mol. The van der Waals surface area contributed by atoms with Gasteiger partial charge in [-0.15, -0.1) is 11.3 Å². The van der Waals surface area contributed by atoms with Gasteiger partial charge in [0.25, 0.3) is 0 Å². The lowest BCUT2D eigenvalue weighted by atomic mass is 10.1. The van der Waals surface area contributed by atoms with Gasteiger partial charge in [-0.25, -0.2) is 0 Å². The third-order valence-electron chi connectivity index (χ3n) is 3.84. The van der Waals surface area contributed by atoms with E-state index in [-0.39, 0.29) is 30.2 Å². The third kappa shape index (κ3) is 3.22. The van der Waals surface area contributed by atoms with Crippen molar-refractivity contribution in [2.45, 2.75) is 25.9 Å². The molecule has 0 bridgehead atoms. The van der Waals surface area contributed by atoms with Gasteiger partial charge in [-0.2, -0.15) is 0 Å². The molecule has 3 heterocycles. The maximum atomic E-state index is 12.3. The molecule has 1 aliphatic heterocycles. The summed E-state index contributed by atoms with van der Waals surface area (Å²) in [5, 5.41) is 4.98. The maximum Gasteiger partial charge on any atom is 0.225 e. The second-order valence-electron chi connectivity index (χ2n) is 5.50. The van der Waals surface area contributed by atoms with Gasteiger partial charge < -0.3 is 14.6 Å². The van der Waals surface area contributed by atoms with Gasteiger partial charge in [0.2, 0.25) is 11.8 Å². The molecule has 2 amide bonds. The Morgan fingerprint density at radius 2 is 2.36 bits per heavy atom. The molecular formula is C16H18N2O3S. The van der Waals surface area contributed by atoms with E-state index in [2.05, 4.69) is 5.32 Å². The highest BCUT2D eigenvalue weighted by atomic mass is 32.1. The SMILES string of the molecule is C[C@H](NC(=O)[C@@H]1CC(=O)N(Cc2ccco2)C1)c1cccs1. The van der Waals surface area contributed by atoms with Gasteiger partial charge in [0, 0.05) is 17.8 Å². The van der Waals surface area contributed by atoms with E-state index in [1.165, 1.54) is 0 Å². The lowest BCUT2D eigenvalue weighted by Gasteiger charge is -2.17. The van der Waals surface area contributed by atoms with Crippen molar-refractivity contribution in [2.24, 2.45) is 5.92 Å². The molecule has 2 aromatic heterocycles. The quantitative estimate of drug-likeness (QED) is 0.921. The molecule has 1 saturated heterocycles. The fourth-order valence-corrected chi connectivity index (χ4v) is 3.37. The first kappa shape index (κ1) is 14.8. The molecule has 1 N–H and O–H groups in total. The topological polar surface area (TPSA) is 62.6 Å². The van der Waals surface area contributed by atoms with E-state index in [0.29, 0.717) is 13.1 Å². The van der Waals surface area contributed by atoms with Crippen LogP contribution in [0.3, 0.4) is 0 Å². The first-order chi connectivity index (χ1) is 10.6. The largest absolute Gasteiger partial charge is 0.467 e. The lowest BCUT2D eigenvalue weighted by molar-refractivity contribution is -0.129. The summed E-state index contributed by atoms with van der Waals surface area (Å²) in [5.41, 5.74) is 0. The third-order valence-corrected chi connectivity index (χ3v) is 4.90. The van der Waals surface area contributed by atoms with Crippen LogP contribution < -0.4 is 5.32 Å². The summed E-state index contributed by atoms with van der Waals surface area (Å²) in [6.07, 6.45) is 1.85. The minimum atomic E-state index is -0.287. The van der Waals surface area contributed by atoms with Crippen molar-refractivity contribution in [3.05, 3.63) is 46.5 Å². The number of nitrogens with one attached hydrogen (secondary N) is 1. The lowest BCUT2D eigenvalue weighted by Crippen LogP contribution is -2.34. The Morgan fingerprint density at radius 1 is 1.50 bits per heavy atom. The summed E-state index contributed by atoms with van der Waals surface area (Å²) in [6.45, 7) is 2.83. The highest BCUT2D eigenvalue weighted by molar-refractivity contribution is 7.10. The predicted molar refractivity (Wildman–Crippen MR) is 83.1 cm³/mol. The van der Waals surface area contributed by atoms with Gasteiger partial charge in [-0.3, -0.25) is 9.59 Å². The van der Waals surface area contributed by atoms with Gasteiger partial charge in [0.1, 0.15) is 5.76 Å². The normalized spacial score (nSPS) is 19.4. The Bertz CT molecular complexity index is 636. The molecule has 1 aliphatic rings. The summed E-state index contributed by atoms with van der Waals surface area (Å²) in [4.78, 5) is 27.2. The summed E-state index contributed by atoms with van der Waals surface area (Å²) < 4.78 is 5.26. The van der Waals surface area contributed by atoms with Crippen LogP contribution in [0.5, 0.6) is 0 Å². The van der Waals surface area contributed by atoms with Crippen molar-refractivity contribution in [3.8, 4) is 0 Å². The van der Waals surface area contributed by atoms with Crippen LogP contribution in [0.25, 0.3) is 0 Å². The van der Waals surface area contributed by atoms with Crippen LogP contribution in [0, 0.1) is 5.92 Å². The number of furan rings is 1. The molecule has 0 aromatic carbocycles.